The van der Waals surface area contributed by atoms with Gasteiger partial charge in [0.2, 0.25) is 0 Å². The summed E-state index contributed by atoms with van der Waals surface area (Å²) in [5, 5.41) is 11.6. The molecule has 0 saturated heterocycles. The lowest BCUT2D eigenvalue weighted by Gasteiger charge is -2.33. The number of carbonyl (C=O) groups excluding carboxylic acids is 1. The normalized spacial score (nSPS) is 13.8. The molecule has 1 rings (SSSR count). The van der Waals surface area contributed by atoms with Crippen molar-refractivity contribution in [3.8, 4) is 11.5 Å². The Balaban J connectivity index is 2.71. The number of carboxylic acid groups (broad SMARTS) is 1. The summed E-state index contributed by atoms with van der Waals surface area (Å²) in [7, 11) is 0. The van der Waals surface area contributed by atoms with E-state index in [2.05, 4.69) is 10.1 Å². The summed E-state index contributed by atoms with van der Waals surface area (Å²) in [6.07, 6.45) is -4.78. The van der Waals surface area contributed by atoms with Crippen molar-refractivity contribution in [2.24, 2.45) is 5.92 Å². The fourth-order valence-electron chi connectivity index (χ4n) is 2.05. The monoisotopic (exact) mass is 377 g/mol. The first-order valence-corrected chi connectivity index (χ1v) is 7.87. The lowest BCUT2D eigenvalue weighted by molar-refractivity contribution is -0.153. The van der Waals surface area contributed by atoms with Crippen LogP contribution in [0.25, 0.3) is 0 Å². The zero-order chi connectivity index (χ0) is 20.0. The van der Waals surface area contributed by atoms with E-state index in [-0.39, 0.29) is 23.8 Å². The van der Waals surface area contributed by atoms with Crippen LogP contribution in [0.2, 0.25) is 0 Å². The summed E-state index contributed by atoms with van der Waals surface area (Å²) in [4.78, 5) is 23.1. The predicted octanol–water partition coefficient (Wildman–Crippen LogP) is 3.01. The molecule has 1 unspecified atom stereocenters. The molecule has 0 aliphatic rings. The van der Waals surface area contributed by atoms with Crippen molar-refractivity contribution >= 4 is 11.9 Å². The van der Waals surface area contributed by atoms with Crippen molar-refractivity contribution < 1.29 is 37.3 Å². The van der Waals surface area contributed by atoms with E-state index in [1.807, 2.05) is 0 Å². The quantitative estimate of drug-likeness (QED) is 0.691. The maximum absolute atomic E-state index is 12.3. The third-order valence-corrected chi connectivity index (χ3v) is 3.82. The van der Waals surface area contributed by atoms with Crippen molar-refractivity contribution in [2.45, 2.75) is 38.9 Å². The van der Waals surface area contributed by atoms with Gasteiger partial charge in [-0.1, -0.05) is 26.0 Å². The number of alkyl halides is 3. The summed E-state index contributed by atoms with van der Waals surface area (Å²) in [6.45, 7) is 3.16. The number of hydrogen-bond acceptors (Lipinski definition) is 4. The summed E-state index contributed by atoms with van der Waals surface area (Å²) < 4.78 is 46.7. The lowest BCUT2D eigenvalue weighted by atomic mass is 9.85. The highest BCUT2D eigenvalue weighted by atomic mass is 19.4. The number of nitrogens with one attached hydrogen (secondary N) is 1. The minimum absolute atomic E-state index is 0.0172. The van der Waals surface area contributed by atoms with E-state index in [1.54, 1.807) is 20.8 Å². The van der Waals surface area contributed by atoms with Gasteiger partial charge in [0.05, 0.1) is 12.0 Å². The Hall–Kier alpha value is -2.45. The number of amides is 1. The number of halogens is 3. The molecular weight excluding hydrogens is 355 g/mol. The molecule has 1 amide bonds. The SMILES string of the molecule is CC(C)C(C)(CC(=O)O)NC(=O)COc1ccccc1OCC(F)(F)F. The highest BCUT2D eigenvalue weighted by molar-refractivity contribution is 5.79. The molecule has 26 heavy (non-hydrogen) atoms. The minimum atomic E-state index is -4.50. The Labute approximate surface area is 149 Å². The van der Waals surface area contributed by atoms with Crippen LogP contribution in [-0.2, 0) is 9.59 Å². The van der Waals surface area contributed by atoms with Crippen LogP contribution < -0.4 is 14.8 Å². The summed E-state index contributed by atoms with van der Waals surface area (Å²) in [5.74, 6) is -1.97. The molecule has 146 valence electrons. The fourth-order valence-corrected chi connectivity index (χ4v) is 2.05. The summed E-state index contributed by atoms with van der Waals surface area (Å²) in [6, 6.07) is 5.66. The van der Waals surface area contributed by atoms with E-state index in [0.717, 1.165) is 0 Å². The topological polar surface area (TPSA) is 84.9 Å². The third kappa shape index (κ3) is 7.20. The van der Waals surface area contributed by atoms with Gasteiger partial charge in [0.1, 0.15) is 0 Å². The van der Waals surface area contributed by atoms with Crippen LogP contribution in [-0.4, -0.2) is 41.9 Å². The van der Waals surface area contributed by atoms with Crippen LogP contribution in [0.5, 0.6) is 11.5 Å². The minimum Gasteiger partial charge on any atom is -0.481 e. The molecule has 0 radical (unpaired) electrons. The molecule has 0 aromatic heterocycles. The second-order valence-corrected chi connectivity index (χ2v) is 6.33. The van der Waals surface area contributed by atoms with Gasteiger partial charge in [0.15, 0.2) is 24.7 Å². The maximum atomic E-state index is 12.3. The lowest BCUT2D eigenvalue weighted by Crippen LogP contribution is -2.52. The van der Waals surface area contributed by atoms with E-state index in [1.165, 1.54) is 24.3 Å². The highest BCUT2D eigenvalue weighted by Crippen LogP contribution is 2.28. The van der Waals surface area contributed by atoms with Crippen molar-refractivity contribution in [3.05, 3.63) is 24.3 Å². The first-order valence-electron chi connectivity index (χ1n) is 7.87. The van der Waals surface area contributed by atoms with E-state index in [4.69, 9.17) is 9.84 Å². The van der Waals surface area contributed by atoms with Crippen LogP contribution in [0.4, 0.5) is 13.2 Å². The zero-order valence-electron chi connectivity index (χ0n) is 14.7. The first kappa shape index (κ1) is 21.6. The second kappa shape index (κ2) is 8.77. The molecule has 9 heteroatoms. The number of aliphatic carboxylic acids is 1. The van der Waals surface area contributed by atoms with Gasteiger partial charge < -0.3 is 19.9 Å². The summed E-state index contributed by atoms with van der Waals surface area (Å²) in [5.41, 5.74) is -0.988. The number of ether oxygens (including phenoxy) is 2. The molecular formula is C17H22F3NO5. The van der Waals surface area contributed by atoms with Gasteiger partial charge in [-0.3, -0.25) is 9.59 Å². The van der Waals surface area contributed by atoms with E-state index in [0.29, 0.717) is 0 Å². The number of hydrogen-bond donors (Lipinski definition) is 2. The van der Waals surface area contributed by atoms with Crippen LogP contribution in [0.3, 0.4) is 0 Å². The molecule has 0 bridgehead atoms. The zero-order valence-corrected chi connectivity index (χ0v) is 14.7. The van der Waals surface area contributed by atoms with E-state index in [9.17, 15) is 22.8 Å². The second-order valence-electron chi connectivity index (χ2n) is 6.33. The van der Waals surface area contributed by atoms with Gasteiger partial charge in [-0.15, -0.1) is 0 Å². The molecule has 2 N–H and O–H groups in total. The fraction of sp³-hybridized carbons (Fsp3) is 0.529. The Bertz CT molecular complexity index is 633. The number of rotatable bonds is 9. The smallest absolute Gasteiger partial charge is 0.422 e. The number of carboxylic acids is 1. The highest BCUT2D eigenvalue weighted by Gasteiger charge is 2.33. The van der Waals surface area contributed by atoms with Gasteiger partial charge >= 0.3 is 12.1 Å². The molecule has 0 aliphatic carbocycles. The van der Waals surface area contributed by atoms with E-state index >= 15 is 0 Å². The maximum Gasteiger partial charge on any atom is 0.422 e. The van der Waals surface area contributed by atoms with Gasteiger partial charge in [-0.2, -0.15) is 13.2 Å². The molecule has 6 nitrogen and oxygen atoms in total. The van der Waals surface area contributed by atoms with Crippen molar-refractivity contribution in [2.75, 3.05) is 13.2 Å². The molecule has 1 atom stereocenters. The molecule has 0 saturated carbocycles. The third-order valence-electron chi connectivity index (χ3n) is 3.82. The molecule has 0 spiro atoms. The van der Waals surface area contributed by atoms with E-state index < -0.39 is 36.8 Å². The summed E-state index contributed by atoms with van der Waals surface area (Å²) >= 11 is 0. The Morgan fingerprint density at radius 1 is 1.15 bits per heavy atom. The van der Waals surface area contributed by atoms with Gasteiger partial charge in [0, 0.05) is 0 Å². The molecule has 0 aliphatic heterocycles. The molecule has 0 heterocycles. The Morgan fingerprint density at radius 3 is 2.15 bits per heavy atom. The van der Waals surface area contributed by atoms with Crippen molar-refractivity contribution in [3.63, 3.8) is 0 Å². The Kier molecular flexibility index (Phi) is 7.29. The van der Waals surface area contributed by atoms with Gasteiger partial charge in [-0.05, 0) is 25.0 Å². The van der Waals surface area contributed by atoms with Crippen LogP contribution in [0.15, 0.2) is 24.3 Å². The average Bonchev–Trinajstić information content (AvgIpc) is 2.50. The van der Waals surface area contributed by atoms with Crippen molar-refractivity contribution in [1.29, 1.82) is 0 Å². The first-order chi connectivity index (χ1) is 11.9. The van der Waals surface area contributed by atoms with Crippen LogP contribution in [0, 0.1) is 5.92 Å². The molecule has 1 aromatic carbocycles. The van der Waals surface area contributed by atoms with Crippen LogP contribution in [0.1, 0.15) is 27.2 Å². The standard InChI is InChI=1S/C17H22F3NO5/c1-11(2)16(3,8-15(23)24)21-14(22)9-25-12-6-4-5-7-13(12)26-10-17(18,19)20/h4-7,11H,8-10H2,1-3H3,(H,21,22)(H,23,24). The molecule has 0 fully saturated rings. The average molecular weight is 377 g/mol. The number of para-hydroxylation sites is 2. The van der Waals surface area contributed by atoms with Crippen LogP contribution >= 0.6 is 0 Å². The Morgan fingerprint density at radius 2 is 1.69 bits per heavy atom. The van der Waals surface area contributed by atoms with Crippen molar-refractivity contribution in [1.82, 2.24) is 5.32 Å². The van der Waals surface area contributed by atoms with Gasteiger partial charge in [0.25, 0.3) is 5.91 Å². The number of carbonyl (C=O) groups is 2. The molecule has 1 aromatic rings. The number of benzene rings is 1. The largest absolute Gasteiger partial charge is 0.481 e. The van der Waals surface area contributed by atoms with Gasteiger partial charge in [-0.25, -0.2) is 0 Å². The predicted molar refractivity (Wildman–Crippen MR) is 87.1 cm³/mol.